The maximum atomic E-state index is 12.8. The molecule has 37 heavy (non-hydrogen) atoms. The second-order valence-corrected chi connectivity index (χ2v) is 10.2. The van der Waals surface area contributed by atoms with Gasteiger partial charge >= 0.3 is 0 Å². The zero-order chi connectivity index (χ0) is 25.3. The minimum absolute atomic E-state index is 0. The first-order valence-corrected chi connectivity index (χ1v) is 12.7. The van der Waals surface area contributed by atoms with Crippen LogP contribution in [0.1, 0.15) is 54.2 Å². The average Bonchev–Trinajstić information content (AvgIpc) is 3.49. The monoisotopic (exact) mass is 542 g/mol. The fourth-order valence-corrected chi connectivity index (χ4v) is 5.54. The number of aromatic nitrogens is 7. The van der Waals surface area contributed by atoms with Crippen molar-refractivity contribution in [3.05, 3.63) is 80.5 Å². The molecule has 0 atom stereocenters. The Kier molecular flexibility index (Phi) is 8.16. The number of H-pyrrole nitrogens is 1. The quantitative estimate of drug-likeness (QED) is 0.361. The second-order valence-electron chi connectivity index (χ2n) is 9.76. The van der Waals surface area contributed by atoms with Crippen molar-refractivity contribution in [1.82, 2.24) is 35.0 Å². The standard InChI is InChI=1S/C26H31ClN8O.ClH/c1-17-22(18(2)30-29-17)10-13-34-15-24(31-33-34)23-6-7-25(36)35(32-23)21-8-11-26(16-28,12-9-21)19-4-3-5-20(27)14-19;/h3-7,14-15,21H,8-13,16,28H2,1-2H3,(H,29,30);1H/t21-,26-;. The average molecular weight is 544 g/mol. The highest BCUT2D eigenvalue weighted by molar-refractivity contribution is 6.30. The number of hydrogen-bond donors (Lipinski definition) is 2. The van der Waals surface area contributed by atoms with E-state index in [0.29, 0.717) is 24.5 Å². The van der Waals surface area contributed by atoms with Crippen molar-refractivity contribution in [3.8, 4) is 11.4 Å². The Morgan fingerprint density at radius 1 is 1.16 bits per heavy atom. The van der Waals surface area contributed by atoms with Gasteiger partial charge in [0.05, 0.1) is 17.9 Å². The lowest BCUT2D eigenvalue weighted by Crippen LogP contribution is -2.41. The van der Waals surface area contributed by atoms with E-state index in [1.807, 2.05) is 38.2 Å². The van der Waals surface area contributed by atoms with Crippen molar-refractivity contribution in [1.29, 1.82) is 0 Å². The second kappa shape index (κ2) is 11.2. The van der Waals surface area contributed by atoms with Crippen LogP contribution in [0.25, 0.3) is 11.4 Å². The summed E-state index contributed by atoms with van der Waals surface area (Å²) in [4.78, 5) is 12.8. The first kappa shape index (κ1) is 27.0. The molecule has 1 saturated carbocycles. The Morgan fingerprint density at radius 3 is 2.62 bits per heavy atom. The number of aryl methyl sites for hydroxylation is 3. The van der Waals surface area contributed by atoms with E-state index in [-0.39, 0.29) is 29.4 Å². The van der Waals surface area contributed by atoms with Gasteiger partial charge in [-0.15, -0.1) is 17.5 Å². The van der Waals surface area contributed by atoms with Crippen LogP contribution in [-0.2, 0) is 18.4 Å². The molecule has 5 rings (SSSR count). The molecule has 1 aliphatic rings. The Bertz CT molecular complexity index is 1400. The molecule has 196 valence electrons. The molecule has 0 spiro atoms. The number of hydrogen-bond acceptors (Lipinski definition) is 6. The highest BCUT2D eigenvalue weighted by Crippen LogP contribution is 2.42. The molecule has 3 aromatic heterocycles. The molecular formula is C26H32Cl2N8O. The molecule has 4 aromatic rings. The Hall–Kier alpha value is -3.01. The number of nitrogens with one attached hydrogen (secondary N) is 1. The van der Waals surface area contributed by atoms with Gasteiger partial charge in [0.2, 0.25) is 0 Å². The van der Waals surface area contributed by atoms with Gasteiger partial charge in [-0.2, -0.15) is 10.2 Å². The topological polar surface area (TPSA) is 120 Å². The van der Waals surface area contributed by atoms with E-state index in [0.717, 1.165) is 48.5 Å². The maximum Gasteiger partial charge on any atom is 0.267 e. The van der Waals surface area contributed by atoms with Crippen LogP contribution in [0, 0.1) is 13.8 Å². The molecule has 3 heterocycles. The third kappa shape index (κ3) is 5.49. The molecule has 1 aliphatic carbocycles. The van der Waals surface area contributed by atoms with E-state index in [9.17, 15) is 4.79 Å². The van der Waals surface area contributed by atoms with Crippen molar-refractivity contribution < 1.29 is 0 Å². The summed E-state index contributed by atoms with van der Waals surface area (Å²) in [6, 6.07) is 11.3. The van der Waals surface area contributed by atoms with Crippen molar-refractivity contribution in [2.45, 2.75) is 64.0 Å². The number of nitrogens with two attached hydrogens (primary N) is 1. The fourth-order valence-electron chi connectivity index (χ4n) is 5.35. The molecule has 0 saturated heterocycles. The Balaban J connectivity index is 0.00000320. The van der Waals surface area contributed by atoms with Gasteiger partial charge in [-0.1, -0.05) is 28.9 Å². The first-order valence-electron chi connectivity index (χ1n) is 12.4. The van der Waals surface area contributed by atoms with E-state index in [4.69, 9.17) is 22.4 Å². The summed E-state index contributed by atoms with van der Waals surface area (Å²) in [7, 11) is 0. The van der Waals surface area contributed by atoms with Crippen LogP contribution >= 0.6 is 24.0 Å². The third-order valence-corrected chi connectivity index (χ3v) is 7.82. The van der Waals surface area contributed by atoms with Gasteiger partial charge in [-0.25, -0.2) is 4.68 Å². The molecule has 3 N–H and O–H groups in total. The number of rotatable bonds is 7. The molecular weight excluding hydrogens is 511 g/mol. The van der Waals surface area contributed by atoms with E-state index in [2.05, 4.69) is 26.6 Å². The lowest BCUT2D eigenvalue weighted by Gasteiger charge is -2.40. The number of halogens is 2. The molecule has 1 fully saturated rings. The van der Waals surface area contributed by atoms with Gasteiger partial charge in [-0.05, 0) is 75.3 Å². The zero-order valence-electron chi connectivity index (χ0n) is 21.0. The van der Waals surface area contributed by atoms with Gasteiger partial charge in [0, 0.05) is 35.3 Å². The predicted octanol–water partition coefficient (Wildman–Crippen LogP) is 4.17. The molecule has 0 aliphatic heterocycles. The summed E-state index contributed by atoms with van der Waals surface area (Å²) < 4.78 is 3.42. The van der Waals surface area contributed by atoms with E-state index >= 15 is 0 Å². The van der Waals surface area contributed by atoms with E-state index in [1.165, 1.54) is 11.1 Å². The Morgan fingerprint density at radius 2 is 1.95 bits per heavy atom. The van der Waals surface area contributed by atoms with Crippen molar-refractivity contribution >= 4 is 24.0 Å². The highest BCUT2D eigenvalue weighted by Gasteiger charge is 2.37. The van der Waals surface area contributed by atoms with Crippen LogP contribution in [-0.4, -0.2) is 41.5 Å². The fraction of sp³-hybridized carbons (Fsp3) is 0.423. The smallest absolute Gasteiger partial charge is 0.267 e. The normalized spacial score (nSPS) is 19.5. The lowest BCUT2D eigenvalue weighted by atomic mass is 9.68. The number of benzene rings is 1. The largest absolute Gasteiger partial charge is 0.330 e. The van der Waals surface area contributed by atoms with E-state index in [1.54, 1.807) is 21.5 Å². The molecule has 0 unspecified atom stereocenters. The van der Waals surface area contributed by atoms with Crippen LogP contribution in [0.2, 0.25) is 5.02 Å². The summed E-state index contributed by atoms with van der Waals surface area (Å²) in [6.07, 6.45) is 6.06. The third-order valence-electron chi connectivity index (χ3n) is 7.58. The van der Waals surface area contributed by atoms with Crippen molar-refractivity contribution in [3.63, 3.8) is 0 Å². The molecule has 0 radical (unpaired) electrons. The molecule has 0 amide bonds. The predicted molar refractivity (Wildman–Crippen MR) is 146 cm³/mol. The van der Waals surface area contributed by atoms with Crippen LogP contribution in [0.15, 0.2) is 47.4 Å². The minimum Gasteiger partial charge on any atom is -0.330 e. The first-order chi connectivity index (χ1) is 17.4. The van der Waals surface area contributed by atoms with Gasteiger partial charge < -0.3 is 5.73 Å². The highest BCUT2D eigenvalue weighted by atomic mass is 35.5. The SMILES string of the molecule is Cc1n[nH]c(C)c1CCn1cc(-c2ccc(=O)n([C@H]3CC[C@](CN)(c4cccc(Cl)c4)CC3)n2)nn1.Cl. The molecule has 0 bridgehead atoms. The molecule has 11 heteroatoms. The van der Waals surface area contributed by atoms with Crippen LogP contribution in [0.3, 0.4) is 0 Å². The Labute approximate surface area is 226 Å². The summed E-state index contributed by atoms with van der Waals surface area (Å²) in [5, 5.41) is 21.3. The lowest BCUT2D eigenvalue weighted by molar-refractivity contribution is 0.222. The van der Waals surface area contributed by atoms with Crippen LogP contribution < -0.4 is 11.3 Å². The maximum absolute atomic E-state index is 12.8. The van der Waals surface area contributed by atoms with Crippen LogP contribution in [0.5, 0.6) is 0 Å². The summed E-state index contributed by atoms with van der Waals surface area (Å²) in [6.45, 7) is 5.24. The minimum atomic E-state index is -0.128. The summed E-state index contributed by atoms with van der Waals surface area (Å²) >= 11 is 6.25. The molecule has 1 aromatic carbocycles. The summed E-state index contributed by atoms with van der Waals surface area (Å²) in [5.41, 5.74) is 11.8. The number of nitrogens with zero attached hydrogens (tertiary/aromatic N) is 6. The van der Waals surface area contributed by atoms with Crippen molar-refractivity contribution in [2.24, 2.45) is 5.73 Å². The molecule has 9 nitrogen and oxygen atoms in total. The van der Waals surface area contributed by atoms with Gasteiger partial charge in [0.25, 0.3) is 5.56 Å². The van der Waals surface area contributed by atoms with Gasteiger partial charge in [0.1, 0.15) is 11.4 Å². The number of aromatic amines is 1. The summed E-state index contributed by atoms with van der Waals surface area (Å²) in [5.74, 6) is 0. The van der Waals surface area contributed by atoms with Crippen LogP contribution in [0.4, 0.5) is 0 Å². The van der Waals surface area contributed by atoms with Gasteiger partial charge in [0.15, 0.2) is 0 Å². The van der Waals surface area contributed by atoms with Crippen molar-refractivity contribution in [2.75, 3.05) is 6.54 Å². The van der Waals surface area contributed by atoms with E-state index < -0.39 is 0 Å². The zero-order valence-corrected chi connectivity index (χ0v) is 22.6. The van der Waals surface area contributed by atoms with Gasteiger partial charge in [-0.3, -0.25) is 14.6 Å².